The Morgan fingerprint density at radius 3 is 0.955 bits per heavy atom. The number of hydrogen-bond donors (Lipinski definition) is 0. The van der Waals surface area contributed by atoms with Gasteiger partial charge in [0, 0.05) is 6.61 Å². The van der Waals surface area contributed by atoms with Crippen LogP contribution in [0.15, 0.2) is 278 Å². The van der Waals surface area contributed by atoms with Crippen molar-refractivity contribution in [2.45, 2.75) is 324 Å². The molecule has 0 aliphatic carbocycles. The number of carbonyl (C=O) groups is 2. The molecule has 3 aliphatic heterocycles. The molecule has 21 nitrogen and oxygen atoms in total. The van der Waals surface area contributed by atoms with E-state index in [4.69, 9.17) is 61.3 Å². The Hall–Kier alpha value is -9.28. The lowest BCUT2D eigenvalue weighted by Gasteiger charge is -2.47. The summed E-state index contributed by atoms with van der Waals surface area (Å²) in [6, 6.07) is 90.5. The van der Waals surface area contributed by atoms with Gasteiger partial charge in [0.1, 0.15) is 62.0 Å². The second-order valence-electron chi connectivity index (χ2n) is 37.0. The molecule has 13 rings (SSSR count). The first kappa shape index (κ1) is 102. The van der Waals surface area contributed by atoms with Crippen LogP contribution in [0, 0.1) is 0 Å². The Bertz CT molecular complexity index is 4870. The van der Waals surface area contributed by atoms with E-state index in [2.05, 4.69) is 97.0 Å². The highest BCUT2D eigenvalue weighted by atomic mass is 32.2. The van der Waals surface area contributed by atoms with E-state index in [-0.39, 0.29) is 81.6 Å². The smallest absolute Gasteiger partial charge is 0.308 e. The van der Waals surface area contributed by atoms with Gasteiger partial charge in [0.15, 0.2) is 12.6 Å². The summed E-state index contributed by atoms with van der Waals surface area (Å²) in [5, 5.41) is 14.0. The Kier molecular flexibility index (Phi) is 42.5. The average Bonchev–Trinajstić information content (AvgIpc) is 0.791. The molecule has 12 atom stereocenters. The molecule has 23 heteroatoms. The molecule has 0 radical (unpaired) electrons. The molecule has 134 heavy (non-hydrogen) atoms. The van der Waals surface area contributed by atoms with Gasteiger partial charge in [-0.15, -0.1) is 0 Å². The number of esters is 2. The lowest BCUT2D eigenvalue weighted by Crippen LogP contribution is -2.66. The van der Waals surface area contributed by atoms with Crippen molar-refractivity contribution in [3.8, 4) is 5.69 Å². The predicted molar refractivity (Wildman–Crippen MR) is 523 cm³/mol. The molecular weight excluding hydrogens is 1720 g/mol. The van der Waals surface area contributed by atoms with E-state index in [0.717, 1.165) is 149 Å². The molecule has 10 aromatic rings. The van der Waals surface area contributed by atoms with Crippen molar-refractivity contribution in [2.24, 2.45) is 0 Å². The quantitative estimate of drug-likeness (QED) is 0.0196. The van der Waals surface area contributed by atoms with Gasteiger partial charge >= 0.3 is 11.9 Å². The van der Waals surface area contributed by atoms with Gasteiger partial charge in [0.25, 0.3) is 13.5 Å². The minimum Gasteiger partial charge on any atom is -0.463 e. The number of rotatable bonds is 53. The SMILES string of the molecule is CC(C)(C)[Si](OCCCCCCCCCCCCCC[C@@H]1CC(=O)OC[C@H]2O[C@@H](O[C@H](CCCCCCCCCCCCCCS(=O)(=O)c3nnnn3-c3ccccc3)CC(=O)OC[C@H]3O[C@@H](O1)[C@H](OCc1ccccc1)[C@@H](OCc1ccccc1)[C@@H]3OCc1ccccc1)[C@H](OCc1ccccc1)[C@@H](OCc1ccccc1)[C@@H]2OCc1ccccc1)(c1ccccc1)c1ccccc1. The molecule has 718 valence electrons. The van der Waals surface area contributed by atoms with E-state index >= 15 is 9.59 Å². The number of fused-ring (bicyclic) bond motifs is 4. The summed E-state index contributed by atoms with van der Waals surface area (Å²) in [6.07, 6.45) is 13.5. The van der Waals surface area contributed by atoms with Crippen LogP contribution in [-0.4, -0.2) is 148 Å². The number of unbranched alkanes of at least 4 members (excludes halogenated alkanes) is 22. The van der Waals surface area contributed by atoms with Crippen LogP contribution in [0.1, 0.15) is 234 Å². The van der Waals surface area contributed by atoms with Crippen LogP contribution in [0.2, 0.25) is 5.04 Å². The van der Waals surface area contributed by atoms with Gasteiger partial charge in [-0.25, -0.2) is 8.42 Å². The first-order valence-electron chi connectivity index (χ1n) is 49.4. The highest BCUT2D eigenvalue weighted by molar-refractivity contribution is 7.91. The first-order chi connectivity index (χ1) is 65.7. The van der Waals surface area contributed by atoms with E-state index < -0.39 is 104 Å². The number of ether oxygens (including phenoxy) is 12. The molecule has 4 bridgehead atoms. The molecular formula is C111H142N4O17SSi. The Labute approximate surface area is 796 Å². The summed E-state index contributed by atoms with van der Waals surface area (Å²) >= 11 is 0. The maximum absolute atomic E-state index is 15.4. The molecule has 0 amide bonds. The minimum absolute atomic E-state index is 0.0152. The van der Waals surface area contributed by atoms with Gasteiger partial charge < -0.3 is 61.3 Å². The van der Waals surface area contributed by atoms with Crippen molar-refractivity contribution < 1.29 is 79.3 Å². The van der Waals surface area contributed by atoms with Gasteiger partial charge in [-0.05, 0) is 97.0 Å². The number of nitrogens with zero attached hydrogens (tertiary/aromatic N) is 4. The summed E-state index contributed by atoms with van der Waals surface area (Å²) in [7, 11) is -6.24. The van der Waals surface area contributed by atoms with E-state index in [0.29, 0.717) is 31.4 Å². The summed E-state index contributed by atoms with van der Waals surface area (Å²) < 4.78 is 121. The largest absolute Gasteiger partial charge is 0.463 e. The summed E-state index contributed by atoms with van der Waals surface area (Å²) in [5.74, 6) is -1.07. The van der Waals surface area contributed by atoms with E-state index in [9.17, 15) is 8.42 Å². The van der Waals surface area contributed by atoms with Crippen molar-refractivity contribution in [1.29, 1.82) is 0 Å². The number of cyclic esters (lactones) is 2. The lowest BCUT2D eigenvalue weighted by atomic mass is 9.97. The molecule has 9 aromatic carbocycles. The van der Waals surface area contributed by atoms with Crippen molar-refractivity contribution >= 4 is 40.5 Å². The van der Waals surface area contributed by atoms with Crippen molar-refractivity contribution in [2.75, 3.05) is 25.6 Å². The predicted octanol–water partition coefficient (Wildman–Crippen LogP) is 21.8. The fourth-order valence-corrected chi connectivity index (χ4v) is 24.4. The van der Waals surface area contributed by atoms with Crippen molar-refractivity contribution in [1.82, 2.24) is 20.2 Å². The molecule has 3 aliphatic rings. The summed E-state index contributed by atoms with van der Waals surface area (Å²) in [5.41, 5.74) is 6.08. The van der Waals surface area contributed by atoms with Gasteiger partial charge in [0.2, 0.25) is 9.84 Å². The standard InChI is InChI=1S/C111H142N4O17SSi/c1-111(2,3)134(96-71-49-31-50-72-96,97-73-51-32-52-74-97)128-75-53-22-18-14-10-6-4-8-12-16-20-47-69-94-77-100(116)120-85-99-103(123-80-88-57-35-25-36-58-88)105(125-82-90-61-39-27-40-62-90)107(127-84-92-65-43-29-44-66-92)109(132-99)130-95(70-48-21-17-13-9-5-7-11-15-19-23-54-76-133(118,119)110-112-113-114-115(110)93-67-45-30-46-68-93)78-101(117)121-86-98-102(122-79-87-55-33-24-34-56-87)104(124-81-89-59-37-26-38-60-89)106(108(129-94)131-98)126-83-91-63-41-28-42-64-91/h24-46,49-52,55-68,71-74,94-95,98-99,102-109H,4-23,47-48,53-54,69-70,75-86H2,1-3H3/t94-,95-,98-,99-,102-,103-,104+,105+,106-,107-,108-,109-/m1/s1. The fourth-order valence-electron chi connectivity index (χ4n) is 18.5. The van der Waals surface area contributed by atoms with Gasteiger partial charge in [-0.1, -0.05) is 428 Å². The molecule has 0 N–H and O–H groups in total. The maximum Gasteiger partial charge on any atom is 0.308 e. The zero-order chi connectivity index (χ0) is 92.9. The first-order valence-corrected chi connectivity index (χ1v) is 53.0. The number of para-hydroxylation sites is 1. The Morgan fingerprint density at radius 1 is 0.343 bits per heavy atom. The van der Waals surface area contributed by atoms with Crippen molar-refractivity contribution in [3.63, 3.8) is 0 Å². The van der Waals surface area contributed by atoms with Gasteiger partial charge in [-0.2, -0.15) is 4.68 Å². The average molecular weight is 1860 g/mol. The van der Waals surface area contributed by atoms with Gasteiger partial charge in [-0.3, -0.25) is 9.59 Å². The number of tetrazole rings is 1. The number of sulfone groups is 1. The van der Waals surface area contributed by atoms with E-state index in [1.807, 2.05) is 200 Å². The highest BCUT2D eigenvalue weighted by Crippen LogP contribution is 2.40. The molecule has 4 heterocycles. The maximum atomic E-state index is 15.4. The van der Waals surface area contributed by atoms with Crippen LogP contribution < -0.4 is 10.4 Å². The van der Waals surface area contributed by atoms with Crippen LogP contribution >= 0.6 is 0 Å². The van der Waals surface area contributed by atoms with E-state index in [1.165, 1.54) is 47.2 Å². The number of carbonyl (C=O) groups excluding carboxylic acids is 2. The zero-order valence-corrected chi connectivity index (χ0v) is 80.7. The zero-order valence-electron chi connectivity index (χ0n) is 78.9. The van der Waals surface area contributed by atoms with Crippen LogP contribution in [0.4, 0.5) is 0 Å². The topological polar surface area (TPSA) is 232 Å². The number of aromatic nitrogens is 4. The normalized spacial score (nSPS) is 21.1. The Balaban J connectivity index is 0.715. The third kappa shape index (κ3) is 32.4. The van der Waals surface area contributed by atoms with Crippen molar-refractivity contribution in [3.05, 3.63) is 306 Å². The Morgan fingerprint density at radius 2 is 0.627 bits per heavy atom. The number of hydrogen-bond acceptors (Lipinski definition) is 20. The van der Waals surface area contributed by atoms with E-state index in [1.54, 1.807) is 12.1 Å². The number of benzene rings is 9. The second-order valence-corrected chi connectivity index (χ2v) is 43.4. The minimum atomic E-state index is -3.68. The van der Waals surface area contributed by atoms with Crippen LogP contribution in [0.5, 0.6) is 0 Å². The second kappa shape index (κ2) is 55.8. The van der Waals surface area contributed by atoms with Gasteiger partial charge in [0.05, 0.1) is 76.1 Å². The van der Waals surface area contributed by atoms with Crippen LogP contribution in [0.3, 0.4) is 0 Å². The van der Waals surface area contributed by atoms with Crippen LogP contribution in [-0.2, 0) is 120 Å². The van der Waals surface area contributed by atoms with Crippen LogP contribution in [0.25, 0.3) is 5.69 Å². The monoisotopic (exact) mass is 1860 g/mol. The molecule has 0 spiro atoms. The molecule has 3 saturated heterocycles. The third-order valence-corrected chi connectivity index (χ3v) is 32.4. The summed E-state index contributed by atoms with van der Waals surface area (Å²) in [4.78, 5) is 30.8. The summed E-state index contributed by atoms with van der Waals surface area (Å²) in [6.45, 7) is 8.24. The lowest BCUT2D eigenvalue weighted by molar-refractivity contribution is -0.338. The fraction of sp³-hybridized carbons (Fsp3) is 0.486. The highest BCUT2D eigenvalue weighted by Gasteiger charge is 2.54. The molecule has 0 unspecified atom stereocenters. The molecule has 1 aromatic heterocycles. The molecule has 3 fully saturated rings. The molecule has 0 saturated carbocycles. The third-order valence-electron chi connectivity index (χ3n) is 25.7.